The minimum Gasteiger partial charge on any atom is -0.256 e. The Hall–Kier alpha value is -10.3. The van der Waals surface area contributed by atoms with Crippen LogP contribution in [0.2, 0.25) is 0 Å². The van der Waals surface area contributed by atoms with E-state index in [1.165, 1.54) is 33.4 Å². The molecule has 0 amide bonds. The van der Waals surface area contributed by atoms with Gasteiger partial charge in [0.2, 0.25) is 0 Å². The van der Waals surface area contributed by atoms with Crippen LogP contribution in [0.25, 0.3) is 134 Å². The van der Waals surface area contributed by atoms with E-state index in [0.717, 1.165) is 101 Å². The highest BCUT2D eigenvalue weighted by molar-refractivity contribution is 5.94. The number of rotatable bonds is 12. The lowest BCUT2D eigenvalue weighted by atomic mass is 9.86. The SMILES string of the molecule is [B].c1ccc(-c2ccc(-c3ccc(-c4ccccc4-c4cc(-c5ccccc5-c5ccc(-c6ccc(-c7ccccc7)cc6)nc5)cc(-c5ccccc5-c5ccc(-c6ccc(-c7ccccc7)cc6)nc5)c4)cn3)cc2)cc1. The van der Waals surface area contributed by atoms with Gasteiger partial charge in [0.25, 0.3) is 0 Å². The number of aromatic nitrogens is 3. The fourth-order valence-electron chi connectivity index (χ4n) is 10.6. The zero-order valence-corrected chi connectivity index (χ0v) is 43.4. The molecular weight excluding hydrogens is 954 g/mol. The van der Waals surface area contributed by atoms with Gasteiger partial charge >= 0.3 is 0 Å². The van der Waals surface area contributed by atoms with Crippen LogP contribution >= 0.6 is 0 Å². The number of hydrogen-bond acceptors (Lipinski definition) is 3. The van der Waals surface area contributed by atoms with E-state index in [9.17, 15) is 0 Å². The van der Waals surface area contributed by atoms with Crippen molar-refractivity contribution >= 4 is 8.41 Å². The third kappa shape index (κ3) is 10.5. The first-order valence-electron chi connectivity index (χ1n) is 26.5. The molecule has 3 heterocycles. The first kappa shape index (κ1) is 49.6. The van der Waals surface area contributed by atoms with E-state index in [2.05, 4.69) is 273 Å². The van der Waals surface area contributed by atoms with Gasteiger partial charge in [-0.3, -0.25) is 15.0 Å². The molecule has 0 aliphatic carbocycles. The molecule has 0 unspecified atom stereocenters. The van der Waals surface area contributed by atoms with Crippen LogP contribution in [-0.2, 0) is 0 Å². The molecule has 0 aliphatic heterocycles. The molecule has 0 aliphatic rings. The van der Waals surface area contributed by atoms with Gasteiger partial charge in [-0.1, -0.05) is 255 Å². The zero-order valence-electron chi connectivity index (χ0n) is 43.4. The van der Waals surface area contributed by atoms with Crippen LogP contribution in [0.5, 0.6) is 0 Å². The Balaban J connectivity index is 0.00000623. The summed E-state index contributed by atoms with van der Waals surface area (Å²) in [5.74, 6) is 0. The van der Waals surface area contributed by atoms with E-state index in [-0.39, 0.29) is 8.41 Å². The number of pyridine rings is 3. The molecule has 0 bridgehead atoms. The Kier molecular flexibility index (Phi) is 14.1. The van der Waals surface area contributed by atoms with Gasteiger partial charge in [0.15, 0.2) is 0 Å². The first-order chi connectivity index (χ1) is 38.6. The van der Waals surface area contributed by atoms with Crippen molar-refractivity contribution in [3.05, 3.63) is 310 Å². The van der Waals surface area contributed by atoms with Crippen molar-refractivity contribution in [3.8, 4) is 134 Å². The third-order valence-corrected chi connectivity index (χ3v) is 14.7. The second-order valence-electron chi connectivity index (χ2n) is 19.6. The molecule has 0 spiro atoms. The van der Waals surface area contributed by atoms with E-state index in [1.54, 1.807) is 0 Å². The topological polar surface area (TPSA) is 38.7 Å². The fourth-order valence-corrected chi connectivity index (χ4v) is 10.6. The largest absolute Gasteiger partial charge is 0.256 e. The summed E-state index contributed by atoms with van der Waals surface area (Å²) in [7, 11) is 0. The van der Waals surface area contributed by atoms with Gasteiger partial charge < -0.3 is 0 Å². The van der Waals surface area contributed by atoms with Crippen LogP contribution in [0.3, 0.4) is 0 Å². The van der Waals surface area contributed by atoms with Crippen molar-refractivity contribution in [2.75, 3.05) is 0 Å². The predicted molar refractivity (Wildman–Crippen MR) is 331 cm³/mol. The summed E-state index contributed by atoms with van der Waals surface area (Å²) in [6.45, 7) is 0. The second-order valence-corrected chi connectivity index (χ2v) is 19.6. The van der Waals surface area contributed by atoms with E-state index < -0.39 is 0 Å². The smallest absolute Gasteiger partial charge is 0.0702 e. The Morgan fingerprint density at radius 3 is 0.570 bits per heavy atom. The first-order valence-corrected chi connectivity index (χ1v) is 26.5. The van der Waals surface area contributed by atoms with Crippen molar-refractivity contribution in [2.45, 2.75) is 0 Å². The van der Waals surface area contributed by atoms with Crippen molar-refractivity contribution in [3.63, 3.8) is 0 Å². The second kappa shape index (κ2) is 22.5. The highest BCUT2D eigenvalue weighted by Crippen LogP contribution is 2.43. The van der Waals surface area contributed by atoms with Gasteiger partial charge in [-0.25, -0.2) is 0 Å². The molecule has 3 nitrogen and oxygen atoms in total. The minimum atomic E-state index is 0. The fraction of sp³-hybridized carbons (Fsp3) is 0. The van der Waals surface area contributed by atoms with Gasteiger partial charge in [-0.2, -0.15) is 0 Å². The quantitative estimate of drug-likeness (QED) is 0.115. The molecule has 79 heavy (non-hydrogen) atoms. The molecule has 13 aromatic rings. The van der Waals surface area contributed by atoms with Crippen LogP contribution in [0.4, 0.5) is 0 Å². The number of hydrogen-bond donors (Lipinski definition) is 0. The normalized spacial score (nSPS) is 10.9. The number of nitrogens with zero attached hydrogens (tertiary/aromatic N) is 3. The average Bonchev–Trinajstić information content (AvgIpc) is 3.57. The van der Waals surface area contributed by atoms with Crippen molar-refractivity contribution in [2.24, 2.45) is 0 Å². The molecule has 0 fully saturated rings. The molecule has 369 valence electrons. The van der Waals surface area contributed by atoms with Gasteiger partial charge in [-0.05, 0) is 120 Å². The molecule has 13 rings (SSSR count). The lowest BCUT2D eigenvalue weighted by molar-refractivity contribution is 1.32. The third-order valence-electron chi connectivity index (χ3n) is 14.7. The van der Waals surface area contributed by atoms with Crippen LogP contribution in [0.15, 0.2) is 310 Å². The van der Waals surface area contributed by atoms with Gasteiger partial charge in [0.1, 0.15) is 0 Å². The van der Waals surface area contributed by atoms with Crippen LogP contribution in [0.1, 0.15) is 0 Å². The maximum atomic E-state index is 5.05. The molecule has 0 saturated heterocycles. The molecule has 3 aromatic heterocycles. The average molecular weight is 1010 g/mol. The highest BCUT2D eigenvalue weighted by atomic mass is 14.7. The minimum absolute atomic E-state index is 0. The van der Waals surface area contributed by atoms with E-state index in [1.807, 2.05) is 36.8 Å². The Bertz CT molecular complexity index is 3710. The molecule has 4 heteroatoms. The summed E-state index contributed by atoms with van der Waals surface area (Å²) in [6.07, 6.45) is 6.03. The predicted octanol–water partition coefficient (Wildman–Crippen LogP) is 19.5. The molecular formula is C75H51BN3. The zero-order chi connectivity index (χ0) is 52.0. The Morgan fingerprint density at radius 2 is 0.342 bits per heavy atom. The Labute approximate surface area is 464 Å². The standard InChI is InChI=1S/C75H51N3.B/c1-4-16-52(17-5-1)55-28-34-58(35-29-55)73-43-40-61(49-76-73)67-22-10-13-25-70(67)64-46-65(71-26-14-11-23-68(71)62-41-44-74(77-50-62)59-36-30-56(31-37-59)53-18-6-2-7-19-53)48-66(47-64)72-27-15-12-24-69(72)63-42-45-75(78-51-63)60-38-32-57(33-39-60)54-20-8-3-9-21-54;/h1-51H;. The van der Waals surface area contributed by atoms with Crippen molar-refractivity contribution in [1.82, 2.24) is 15.0 Å². The van der Waals surface area contributed by atoms with Crippen molar-refractivity contribution < 1.29 is 0 Å². The summed E-state index contributed by atoms with van der Waals surface area (Å²) < 4.78 is 0. The Morgan fingerprint density at radius 1 is 0.152 bits per heavy atom. The van der Waals surface area contributed by atoms with Crippen LogP contribution in [-0.4, -0.2) is 23.4 Å². The highest BCUT2D eigenvalue weighted by Gasteiger charge is 2.18. The van der Waals surface area contributed by atoms with E-state index in [4.69, 9.17) is 15.0 Å². The maximum Gasteiger partial charge on any atom is 0.0702 e. The molecule has 0 atom stereocenters. The molecule has 0 N–H and O–H groups in total. The van der Waals surface area contributed by atoms with Crippen LogP contribution in [0, 0.1) is 0 Å². The monoisotopic (exact) mass is 1000 g/mol. The number of benzene rings is 10. The lowest BCUT2D eigenvalue weighted by Gasteiger charge is -2.18. The maximum absolute atomic E-state index is 5.05. The molecule has 3 radical (unpaired) electrons. The van der Waals surface area contributed by atoms with E-state index >= 15 is 0 Å². The molecule has 0 saturated carbocycles. The molecule has 10 aromatic carbocycles. The summed E-state index contributed by atoms with van der Waals surface area (Å²) in [5.41, 5.74) is 26.3. The summed E-state index contributed by atoms with van der Waals surface area (Å²) in [4.78, 5) is 15.2. The van der Waals surface area contributed by atoms with Gasteiger partial charge in [0, 0.05) is 60.4 Å². The summed E-state index contributed by atoms with van der Waals surface area (Å²) in [5, 5.41) is 0. The summed E-state index contributed by atoms with van der Waals surface area (Å²) in [6, 6.07) is 104. The summed E-state index contributed by atoms with van der Waals surface area (Å²) >= 11 is 0. The van der Waals surface area contributed by atoms with Gasteiger partial charge in [-0.15, -0.1) is 0 Å². The lowest BCUT2D eigenvalue weighted by Crippen LogP contribution is -1.93. The van der Waals surface area contributed by atoms with Gasteiger partial charge in [0.05, 0.1) is 17.1 Å². The van der Waals surface area contributed by atoms with E-state index in [0.29, 0.717) is 0 Å². The van der Waals surface area contributed by atoms with Crippen LogP contribution < -0.4 is 0 Å². The van der Waals surface area contributed by atoms with Crippen molar-refractivity contribution in [1.29, 1.82) is 0 Å².